The van der Waals surface area contributed by atoms with Gasteiger partial charge in [-0.15, -0.1) is 0 Å². The summed E-state index contributed by atoms with van der Waals surface area (Å²) in [5, 5.41) is 12.1. The van der Waals surface area contributed by atoms with E-state index in [2.05, 4.69) is 5.32 Å². The lowest BCUT2D eigenvalue weighted by molar-refractivity contribution is 0.255. The molecule has 0 spiro atoms. The predicted molar refractivity (Wildman–Crippen MR) is 61.4 cm³/mol. The first kappa shape index (κ1) is 12.5. The van der Waals surface area contributed by atoms with Crippen molar-refractivity contribution in [3.05, 3.63) is 35.4 Å². The molecule has 1 aromatic rings. The van der Waals surface area contributed by atoms with Gasteiger partial charge in [0, 0.05) is 24.8 Å². The average molecular weight is 241 g/mol. The zero-order valence-electron chi connectivity index (χ0n) is 9.63. The van der Waals surface area contributed by atoms with E-state index in [-0.39, 0.29) is 12.6 Å². The van der Waals surface area contributed by atoms with Gasteiger partial charge in [-0.25, -0.2) is 8.78 Å². The molecule has 0 heterocycles. The van der Waals surface area contributed by atoms with Gasteiger partial charge in [0.05, 0.1) is 0 Å². The summed E-state index contributed by atoms with van der Waals surface area (Å²) >= 11 is 0. The maximum absolute atomic E-state index is 13.4. The van der Waals surface area contributed by atoms with Crippen molar-refractivity contribution in [2.24, 2.45) is 5.92 Å². The maximum Gasteiger partial charge on any atom is 0.127 e. The molecule has 1 saturated carbocycles. The Bertz CT molecular complexity index is 380. The molecule has 17 heavy (non-hydrogen) atoms. The SMILES string of the molecule is OCCC(NCc1cc(F)ccc1F)C1CC1. The molecule has 1 aliphatic rings. The molecule has 4 heteroatoms. The molecule has 1 fully saturated rings. The summed E-state index contributed by atoms with van der Waals surface area (Å²) in [4.78, 5) is 0. The van der Waals surface area contributed by atoms with Gasteiger partial charge in [-0.3, -0.25) is 0 Å². The Kier molecular flexibility index (Phi) is 4.07. The molecular weight excluding hydrogens is 224 g/mol. The van der Waals surface area contributed by atoms with Gasteiger partial charge in [-0.05, 0) is 43.4 Å². The van der Waals surface area contributed by atoms with Crippen molar-refractivity contribution >= 4 is 0 Å². The van der Waals surface area contributed by atoms with Gasteiger partial charge in [0.15, 0.2) is 0 Å². The minimum atomic E-state index is -0.423. The average Bonchev–Trinajstić information content (AvgIpc) is 3.12. The zero-order chi connectivity index (χ0) is 12.3. The van der Waals surface area contributed by atoms with Crippen molar-refractivity contribution in [3.8, 4) is 0 Å². The Labute approximate surface area is 99.7 Å². The number of nitrogens with one attached hydrogen (secondary N) is 1. The third-order valence-corrected chi connectivity index (χ3v) is 3.19. The van der Waals surface area contributed by atoms with Gasteiger partial charge in [-0.1, -0.05) is 0 Å². The predicted octanol–water partition coefficient (Wildman–Crippen LogP) is 2.22. The van der Waals surface area contributed by atoms with E-state index in [1.165, 1.54) is 6.07 Å². The number of hydrogen-bond acceptors (Lipinski definition) is 2. The lowest BCUT2D eigenvalue weighted by atomic mass is 10.1. The monoisotopic (exact) mass is 241 g/mol. The quantitative estimate of drug-likeness (QED) is 0.800. The largest absolute Gasteiger partial charge is 0.396 e. The van der Waals surface area contributed by atoms with Gasteiger partial charge in [0.25, 0.3) is 0 Å². The fourth-order valence-corrected chi connectivity index (χ4v) is 2.06. The lowest BCUT2D eigenvalue weighted by Crippen LogP contribution is -2.31. The van der Waals surface area contributed by atoms with Gasteiger partial charge in [-0.2, -0.15) is 0 Å². The van der Waals surface area contributed by atoms with Crippen molar-refractivity contribution in [2.75, 3.05) is 6.61 Å². The maximum atomic E-state index is 13.4. The molecule has 0 aromatic heterocycles. The summed E-state index contributed by atoms with van der Waals surface area (Å²) in [6.07, 6.45) is 2.98. The van der Waals surface area contributed by atoms with Crippen LogP contribution in [-0.4, -0.2) is 17.8 Å². The van der Waals surface area contributed by atoms with E-state index >= 15 is 0 Å². The standard InChI is InChI=1S/C13H17F2NO/c14-11-3-4-12(15)10(7-11)8-16-13(5-6-17)9-1-2-9/h3-4,7,9,13,16-17H,1-2,5-6,8H2. The van der Waals surface area contributed by atoms with Crippen LogP contribution in [-0.2, 0) is 6.54 Å². The summed E-state index contributed by atoms with van der Waals surface area (Å²) in [6.45, 7) is 0.435. The van der Waals surface area contributed by atoms with Crippen molar-refractivity contribution < 1.29 is 13.9 Å². The Balaban J connectivity index is 1.93. The summed E-state index contributed by atoms with van der Waals surface area (Å²) in [6, 6.07) is 3.68. The van der Waals surface area contributed by atoms with Crippen LogP contribution in [0.1, 0.15) is 24.8 Å². The van der Waals surface area contributed by atoms with E-state index in [1.54, 1.807) is 0 Å². The van der Waals surface area contributed by atoms with Gasteiger partial charge < -0.3 is 10.4 Å². The second-order valence-corrected chi connectivity index (χ2v) is 4.57. The Hall–Kier alpha value is -1.00. The van der Waals surface area contributed by atoms with E-state index in [0.29, 0.717) is 24.4 Å². The second-order valence-electron chi connectivity index (χ2n) is 4.57. The van der Waals surface area contributed by atoms with Crippen LogP contribution in [0.15, 0.2) is 18.2 Å². The van der Waals surface area contributed by atoms with Gasteiger partial charge in [0.2, 0.25) is 0 Å². The molecule has 0 aliphatic heterocycles. The highest BCUT2D eigenvalue weighted by Crippen LogP contribution is 2.34. The van der Waals surface area contributed by atoms with E-state index in [9.17, 15) is 8.78 Å². The zero-order valence-corrected chi connectivity index (χ0v) is 9.63. The molecule has 0 amide bonds. The number of aliphatic hydroxyl groups is 1. The highest BCUT2D eigenvalue weighted by atomic mass is 19.1. The number of rotatable bonds is 6. The smallest absolute Gasteiger partial charge is 0.127 e. The van der Waals surface area contributed by atoms with Gasteiger partial charge in [0.1, 0.15) is 11.6 Å². The van der Waals surface area contributed by atoms with Crippen LogP contribution < -0.4 is 5.32 Å². The third kappa shape index (κ3) is 3.48. The topological polar surface area (TPSA) is 32.3 Å². The minimum Gasteiger partial charge on any atom is -0.396 e. The molecule has 1 unspecified atom stereocenters. The first-order valence-electron chi connectivity index (χ1n) is 5.99. The first-order valence-corrected chi connectivity index (χ1v) is 5.99. The van der Waals surface area contributed by atoms with Crippen molar-refractivity contribution in [1.82, 2.24) is 5.32 Å². The molecule has 94 valence electrons. The number of aliphatic hydroxyl groups excluding tert-OH is 1. The summed E-state index contributed by atoms with van der Waals surface area (Å²) in [5.41, 5.74) is 0.341. The molecule has 1 aliphatic carbocycles. The summed E-state index contributed by atoms with van der Waals surface area (Å²) < 4.78 is 26.3. The van der Waals surface area contributed by atoms with Crippen LogP contribution in [0.4, 0.5) is 8.78 Å². The van der Waals surface area contributed by atoms with E-state index in [0.717, 1.165) is 25.0 Å². The molecule has 2 rings (SSSR count). The molecule has 2 N–H and O–H groups in total. The van der Waals surface area contributed by atoms with Crippen molar-refractivity contribution in [3.63, 3.8) is 0 Å². The normalized spacial score (nSPS) is 17.1. The number of benzene rings is 1. The lowest BCUT2D eigenvalue weighted by Gasteiger charge is -2.17. The Morgan fingerprint density at radius 2 is 2.12 bits per heavy atom. The number of hydrogen-bond donors (Lipinski definition) is 2. The molecule has 0 saturated heterocycles. The molecular formula is C13H17F2NO. The van der Waals surface area contributed by atoms with Crippen LogP contribution in [0.2, 0.25) is 0 Å². The second kappa shape index (κ2) is 5.56. The van der Waals surface area contributed by atoms with Gasteiger partial charge >= 0.3 is 0 Å². The van der Waals surface area contributed by atoms with Crippen molar-refractivity contribution in [1.29, 1.82) is 0 Å². The highest BCUT2D eigenvalue weighted by molar-refractivity contribution is 5.18. The Morgan fingerprint density at radius 3 is 2.76 bits per heavy atom. The van der Waals surface area contributed by atoms with E-state index in [1.807, 2.05) is 0 Å². The fourth-order valence-electron chi connectivity index (χ4n) is 2.06. The van der Waals surface area contributed by atoms with E-state index in [4.69, 9.17) is 5.11 Å². The van der Waals surface area contributed by atoms with Crippen LogP contribution >= 0.6 is 0 Å². The first-order chi connectivity index (χ1) is 8.20. The van der Waals surface area contributed by atoms with Crippen LogP contribution in [0.25, 0.3) is 0 Å². The van der Waals surface area contributed by atoms with Crippen molar-refractivity contribution in [2.45, 2.75) is 31.8 Å². The Morgan fingerprint density at radius 1 is 1.35 bits per heavy atom. The minimum absolute atomic E-state index is 0.125. The van der Waals surface area contributed by atoms with Crippen LogP contribution in [0, 0.1) is 17.6 Å². The highest BCUT2D eigenvalue weighted by Gasteiger charge is 2.30. The summed E-state index contributed by atoms with van der Waals surface area (Å²) in [5.74, 6) is -0.232. The molecule has 1 aromatic carbocycles. The molecule has 2 nitrogen and oxygen atoms in total. The fraction of sp³-hybridized carbons (Fsp3) is 0.538. The molecule has 0 bridgehead atoms. The molecule has 1 atom stereocenters. The van der Waals surface area contributed by atoms with E-state index < -0.39 is 11.6 Å². The van der Waals surface area contributed by atoms with Crippen LogP contribution in [0.3, 0.4) is 0 Å². The number of halogens is 2. The van der Waals surface area contributed by atoms with Crippen LogP contribution in [0.5, 0.6) is 0 Å². The third-order valence-electron chi connectivity index (χ3n) is 3.19. The molecule has 0 radical (unpaired) electrons. The summed E-state index contributed by atoms with van der Waals surface area (Å²) in [7, 11) is 0.